The van der Waals surface area contributed by atoms with Gasteiger partial charge in [-0.15, -0.1) is 0 Å². The highest BCUT2D eigenvalue weighted by Crippen LogP contribution is 2.39. The Labute approximate surface area is 158 Å². The number of hydroxylamine groups is 1. The molecule has 27 heavy (non-hydrogen) atoms. The van der Waals surface area contributed by atoms with Gasteiger partial charge in [-0.25, -0.2) is 5.48 Å². The first-order valence-corrected chi connectivity index (χ1v) is 9.80. The van der Waals surface area contributed by atoms with Crippen LogP contribution >= 0.6 is 0 Å². The molecule has 0 saturated carbocycles. The number of hydrogen-bond acceptors (Lipinski definition) is 6. The summed E-state index contributed by atoms with van der Waals surface area (Å²) in [6.45, 7) is 1.86. The van der Waals surface area contributed by atoms with Gasteiger partial charge in [-0.1, -0.05) is 0 Å². The lowest BCUT2D eigenvalue weighted by atomic mass is 9.80. The third kappa shape index (κ3) is 4.24. The zero-order valence-corrected chi connectivity index (χ0v) is 15.6. The van der Waals surface area contributed by atoms with Crippen molar-refractivity contribution in [3.8, 4) is 0 Å². The Bertz CT molecular complexity index is 722. The van der Waals surface area contributed by atoms with E-state index >= 15 is 0 Å². The van der Waals surface area contributed by atoms with Gasteiger partial charge < -0.3 is 21.0 Å². The fourth-order valence-electron chi connectivity index (χ4n) is 4.66. The number of aryl methyl sites for hydroxylation is 1. The molecule has 150 valence electrons. The average molecular weight is 378 g/mol. The van der Waals surface area contributed by atoms with E-state index in [1.54, 1.807) is 6.07 Å². The number of aromatic amines is 1. The van der Waals surface area contributed by atoms with Crippen molar-refractivity contribution in [3.05, 3.63) is 33.7 Å². The molecule has 1 aromatic rings. The summed E-state index contributed by atoms with van der Waals surface area (Å²) in [6, 6.07) is 1.86. The van der Waals surface area contributed by atoms with Gasteiger partial charge in [0.05, 0.1) is 0 Å². The molecule has 2 aliphatic rings. The number of nitrogens with one attached hydrogen (secondary N) is 2. The normalized spacial score (nSPS) is 25.1. The van der Waals surface area contributed by atoms with Crippen LogP contribution in [0.1, 0.15) is 55.7 Å². The number of aromatic nitrogens is 1. The van der Waals surface area contributed by atoms with Crippen molar-refractivity contribution in [1.29, 1.82) is 0 Å². The van der Waals surface area contributed by atoms with Gasteiger partial charge in [0.15, 0.2) is 0 Å². The largest absolute Gasteiger partial charge is 0.480 e. The van der Waals surface area contributed by atoms with Crippen LogP contribution in [0.3, 0.4) is 0 Å². The number of carboxylic acids is 1. The Morgan fingerprint density at radius 3 is 2.96 bits per heavy atom. The first-order valence-electron chi connectivity index (χ1n) is 9.80. The molecule has 1 aliphatic carbocycles. The molecule has 0 amide bonds. The molecule has 3 atom stereocenters. The fourth-order valence-corrected chi connectivity index (χ4v) is 4.66. The summed E-state index contributed by atoms with van der Waals surface area (Å²) in [5.41, 5.74) is 9.39. The summed E-state index contributed by atoms with van der Waals surface area (Å²) in [6.07, 6.45) is 7.29. The second-order valence-electron chi connectivity index (χ2n) is 7.88. The van der Waals surface area contributed by atoms with E-state index in [0.717, 1.165) is 37.8 Å². The smallest absolute Gasteiger partial charge is 0.324 e. The molecular formula is C19H30N4O4. The maximum absolute atomic E-state index is 11.9. The van der Waals surface area contributed by atoms with Crippen molar-refractivity contribution in [2.75, 3.05) is 19.6 Å². The van der Waals surface area contributed by atoms with E-state index in [1.807, 2.05) is 6.20 Å². The number of nitrogens with two attached hydrogens (primary N) is 1. The van der Waals surface area contributed by atoms with Gasteiger partial charge in [-0.05, 0) is 62.6 Å². The van der Waals surface area contributed by atoms with Gasteiger partial charge in [0.1, 0.15) is 5.54 Å². The number of nitrogens with zero attached hydrogens (tertiary/aromatic N) is 1. The van der Waals surface area contributed by atoms with E-state index in [4.69, 9.17) is 10.9 Å². The predicted octanol–water partition coefficient (Wildman–Crippen LogP) is 1.01. The van der Waals surface area contributed by atoms with Crippen LogP contribution in [0.25, 0.3) is 0 Å². The van der Waals surface area contributed by atoms with Crippen LogP contribution in [0.15, 0.2) is 17.1 Å². The second-order valence-corrected chi connectivity index (χ2v) is 7.88. The van der Waals surface area contributed by atoms with Crippen molar-refractivity contribution in [2.24, 2.45) is 11.7 Å². The molecule has 2 heterocycles. The van der Waals surface area contributed by atoms with Gasteiger partial charge in [0.25, 0.3) is 0 Å². The first kappa shape index (κ1) is 20.0. The predicted molar refractivity (Wildman–Crippen MR) is 101 cm³/mol. The number of aliphatic carboxylic acids is 1. The summed E-state index contributed by atoms with van der Waals surface area (Å²) in [7, 11) is 0. The number of rotatable bonds is 8. The Hall–Kier alpha value is -1.74. The molecule has 1 saturated heterocycles. The Morgan fingerprint density at radius 2 is 2.22 bits per heavy atom. The van der Waals surface area contributed by atoms with E-state index in [1.165, 1.54) is 5.56 Å². The molecule has 0 spiro atoms. The minimum absolute atomic E-state index is 0.0902. The number of likely N-dealkylation sites (tertiary alicyclic amines) is 1. The molecule has 0 bridgehead atoms. The van der Waals surface area contributed by atoms with Crippen LogP contribution in [0.5, 0.6) is 0 Å². The van der Waals surface area contributed by atoms with Crippen molar-refractivity contribution >= 4 is 5.97 Å². The zero-order chi connectivity index (χ0) is 19.4. The quantitative estimate of drug-likeness (QED) is 0.337. The van der Waals surface area contributed by atoms with E-state index < -0.39 is 11.5 Å². The van der Waals surface area contributed by atoms with Crippen LogP contribution in [0, 0.1) is 5.92 Å². The molecule has 3 unspecified atom stereocenters. The summed E-state index contributed by atoms with van der Waals surface area (Å²) in [5, 5.41) is 18.5. The molecule has 1 aromatic heterocycles. The molecule has 8 nitrogen and oxygen atoms in total. The number of H-pyrrole nitrogens is 1. The van der Waals surface area contributed by atoms with Crippen molar-refractivity contribution < 1.29 is 15.1 Å². The molecule has 0 radical (unpaired) electrons. The van der Waals surface area contributed by atoms with Crippen molar-refractivity contribution in [2.45, 2.75) is 56.5 Å². The third-order valence-electron chi connectivity index (χ3n) is 6.24. The van der Waals surface area contributed by atoms with E-state index in [2.05, 4.69) is 15.4 Å². The number of hydrogen-bond donors (Lipinski definition) is 5. The topological polar surface area (TPSA) is 132 Å². The van der Waals surface area contributed by atoms with Gasteiger partial charge in [-0.2, -0.15) is 0 Å². The summed E-state index contributed by atoms with van der Waals surface area (Å²) in [4.78, 5) is 28.8. The minimum Gasteiger partial charge on any atom is -0.480 e. The molecule has 1 aliphatic heterocycles. The number of carbonyl (C=O) groups is 1. The summed E-state index contributed by atoms with van der Waals surface area (Å²) in [5.74, 6) is -1.07. The molecule has 0 aromatic carbocycles. The Balaban J connectivity index is 1.71. The molecule has 1 fully saturated rings. The minimum atomic E-state index is -1.25. The van der Waals surface area contributed by atoms with Gasteiger partial charge in [0, 0.05) is 37.3 Å². The Kier molecular flexibility index (Phi) is 6.31. The second kappa shape index (κ2) is 8.52. The summed E-state index contributed by atoms with van der Waals surface area (Å²) >= 11 is 0. The monoisotopic (exact) mass is 378 g/mol. The number of fused-ring (bicyclic) bond motifs is 1. The van der Waals surface area contributed by atoms with E-state index in [-0.39, 0.29) is 17.5 Å². The molecular weight excluding hydrogens is 348 g/mol. The highest BCUT2D eigenvalue weighted by atomic mass is 16.5. The number of unbranched alkanes of at least 4 members (excludes halogenated alkanes) is 1. The van der Waals surface area contributed by atoms with Crippen molar-refractivity contribution in [1.82, 2.24) is 15.4 Å². The van der Waals surface area contributed by atoms with Crippen molar-refractivity contribution in [3.63, 3.8) is 0 Å². The number of carboxylic acid groups (broad SMARTS) is 1. The molecule has 8 heteroatoms. The van der Waals surface area contributed by atoms with Crippen LogP contribution in [-0.2, 0) is 11.2 Å². The summed E-state index contributed by atoms with van der Waals surface area (Å²) < 4.78 is 0. The lowest BCUT2D eigenvalue weighted by Gasteiger charge is -2.35. The highest BCUT2D eigenvalue weighted by Gasteiger charge is 2.46. The maximum Gasteiger partial charge on any atom is 0.324 e. The maximum atomic E-state index is 11.9. The lowest BCUT2D eigenvalue weighted by Crippen LogP contribution is -2.55. The average Bonchev–Trinajstić information content (AvgIpc) is 3.15. The number of pyridine rings is 1. The van der Waals surface area contributed by atoms with E-state index in [0.29, 0.717) is 32.4 Å². The van der Waals surface area contributed by atoms with Gasteiger partial charge in [0.2, 0.25) is 5.56 Å². The van der Waals surface area contributed by atoms with E-state index in [9.17, 15) is 14.7 Å². The molecule has 6 N–H and O–H groups in total. The van der Waals surface area contributed by atoms with Crippen LogP contribution in [0.2, 0.25) is 0 Å². The highest BCUT2D eigenvalue weighted by molar-refractivity contribution is 5.79. The van der Waals surface area contributed by atoms with Gasteiger partial charge in [-0.3, -0.25) is 14.5 Å². The zero-order valence-electron chi connectivity index (χ0n) is 15.6. The fraction of sp³-hybridized carbons (Fsp3) is 0.684. The lowest BCUT2D eigenvalue weighted by molar-refractivity contribution is -0.146. The molecule has 3 rings (SSSR count). The van der Waals surface area contributed by atoms with Gasteiger partial charge >= 0.3 is 5.97 Å². The third-order valence-corrected chi connectivity index (χ3v) is 6.24. The van der Waals surface area contributed by atoms with Crippen LogP contribution in [-0.4, -0.2) is 51.3 Å². The Morgan fingerprint density at radius 1 is 1.41 bits per heavy atom. The first-order chi connectivity index (χ1) is 13.0. The van der Waals surface area contributed by atoms with Crippen LogP contribution in [0.4, 0.5) is 0 Å². The standard InChI is InChI=1S/C19H30N4O4/c20-19(18(25)26,7-1-2-8-22-27)14-6-9-23(12-14)16-5-3-4-13-11-21-17(24)10-15(13)16/h10-11,14,16,22,27H,1-9,12,20H2,(H,21,24)(H,25,26). The van der Waals surface area contributed by atoms with Crippen LogP contribution < -0.4 is 16.8 Å². The SMILES string of the molecule is NC(CCCCNO)(C(=O)O)C1CCN(C2CCCc3c[nH]c(=O)cc32)C1.